The first-order valence-electron chi connectivity index (χ1n) is 10.6. The fourth-order valence-corrected chi connectivity index (χ4v) is 5.45. The molecule has 1 unspecified atom stereocenters. The second kappa shape index (κ2) is 7.45. The summed E-state index contributed by atoms with van der Waals surface area (Å²) in [6.07, 6.45) is 6.99. The Morgan fingerprint density at radius 3 is 2.63 bits per heavy atom. The van der Waals surface area contributed by atoms with Crippen molar-refractivity contribution in [2.75, 3.05) is 5.32 Å². The average Bonchev–Trinajstić information content (AvgIpc) is 3.44. The van der Waals surface area contributed by atoms with Crippen molar-refractivity contribution in [2.24, 2.45) is 11.3 Å². The predicted molar refractivity (Wildman–Crippen MR) is 121 cm³/mol. The van der Waals surface area contributed by atoms with Gasteiger partial charge in [-0.25, -0.2) is 4.39 Å². The van der Waals surface area contributed by atoms with Gasteiger partial charge in [-0.3, -0.25) is 9.78 Å². The predicted octanol–water partition coefficient (Wildman–Crippen LogP) is 6.75. The van der Waals surface area contributed by atoms with E-state index >= 15 is 0 Å². The van der Waals surface area contributed by atoms with E-state index in [0.29, 0.717) is 11.5 Å². The summed E-state index contributed by atoms with van der Waals surface area (Å²) in [4.78, 5) is 17.2. The maximum Gasteiger partial charge on any atom is 0.228 e. The van der Waals surface area contributed by atoms with E-state index in [1.807, 2.05) is 42.6 Å². The number of carbonyl (C=O) groups excluding carboxylic acids is 1. The highest BCUT2D eigenvalue weighted by molar-refractivity contribution is 9.10. The number of anilines is 1. The molecular weight excluding hydrogens is 443 g/mol. The summed E-state index contributed by atoms with van der Waals surface area (Å²) in [6, 6.07) is 13.2. The zero-order chi connectivity index (χ0) is 20.9. The van der Waals surface area contributed by atoms with Gasteiger partial charge in [-0.15, -0.1) is 0 Å². The number of fused-ring (bicyclic) bond motifs is 1. The molecule has 2 fully saturated rings. The van der Waals surface area contributed by atoms with Crippen LogP contribution in [0.15, 0.2) is 53.1 Å². The van der Waals surface area contributed by atoms with Gasteiger partial charge in [-0.2, -0.15) is 0 Å². The summed E-state index contributed by atoms with van der Waals surface area (Å²) in [7, 11) is 0. The molecule has 2 aliphatic carbocycles. The van der Waals surface area contributed by atoms with Gasteiger partial charge in [0.15, 0.2) is 0 Å². The van der Waals surface area contributed by atoms with E-state index in [2.05, 4.69) is 26.2 Å². The van der Waals surface area contributed by atoms with Crippen molar-refractivity contribution in [3.05, 3.63) is 70.1 Å². The molecule has 30 heavy (non-hydrogen) atoms. The molecule has 1 aromatic heterocycles. The topological polar surface area (TPSA) is 42.0 Å². The molecule has 154 valence electrons. The van der Waals surface area contributed by atoms with E-state index in [9.17, 15) is 9.18 Å². The molecule has 0 radical (unpaired) electrons. The highest BCUT2D eigenvalue weighted by Gasteiger charge is 2.58. The molecule has 1 heterocycles. The third-order valence-electron chi connectivity index (χ3n) is 7.09. The van der Waals surface area contributed by atoms with Crippen molar-refractivity contribution < 1.29 is 9.18 Å². The maximum absolute atomic E-state index is 14.2. The lowest BCUT2D eigenvalue weighted by molar-refractivity contribution is -0.118. The lowest BCUT2D eigenvalue weighted by Crippen LogP contribution is -2.22. The number of nitrogens with one attached hydrogen (secondary N) is 1. The number of benzene rings is 2. The number of hydrogen-bond acceptors (Lipinski definition) is 2. The number of nitrogens with zero attached hydrogens (tertiary/aromatic N) is 1. The molecule has 0 aliphatic heterocycles. The van der Waals surface area contributed by atoms with Crippen LogP contribution in [0.5, 0.6) is 0 Å². The van der Waals surface area contributed by atoms with Crippen molar-refractivity contribution in [1.82, 2.24) is 4.98 Å². The van der Waals surface area contributed by atoms with Crippen LogP contribution in [0.3, 0.4) is 0 Å². The second-order valence-corrected chi connectivity index (χ2v) is 9.82. The maximum atomic E-state index is 14.2. The fraction of sp³-hybridized carbons (Fsp3) is 0.360. The molecule has 0 bridgehead atoms. The number of amides is 1. The summed E-state index contributed by atoms with van der Waals surface area (Å²) < 4.78 is 15.2. The zero-order valence-corrected chi connectivity index (χ0v) is 18.5. The number of carbonyl (C=O) groups is 1. The second-order valence-electron chi connectivity index (χ2n) is 8.91. The van der Waals surface area contributed by atoms with Crippen LogP contribution in [0.4, 0.5) is 10.1 Å². The van der Waals surface area contributed by atoms with Gasteiger partial charge in [0, 0.05) is 27.7 Å². The number of halogens is 2. The van der Waals surface area contributed by atoms with Crippen LogP contribution in [0.2, 0.25) is 0 Å². The van der Waals surface area contributed by atoms with Gasteiger partial charge < -0.3 is 5.32 Å². The highest BCUT2D eigenvalue weighted by atomic mass is 79.9. The van der Waals surface area contributed by atoms with Gasteiger partial charge in [0.1, 0.15) is 5.82 Å². The zero-order valence-electron chi connectivity index (χ0n) is 16.9. The molecule has 2 aromatic carbocycles. The van der Waals surface area contributed by atoms with Crippen LogP contribution in [-0.2, 0) is 4.79 Å². The molecule has 1 atom stereocenters. The normalized spacial score (nSPS) is 25.4. The molecule has 1 amide bonds. The molecule has 5 heteroatoms. The van der Waals surface area contributed by atoms with E-state index in [0.717, 1.165) is 53.2 Å². The summed E-state index contributed by atoms with van der Waals surface area (Å²) >= 11 is 3.42. The number of aromatic nitrogens is 1. The van der Waals surface area contributed by atoms with Crippen LogP contribution in [-0.4, -0.2) is 10.9 Å². The van der Waals surface area contributed by atoms with Crippen molar-refractivity contribution >= 4 is 38.4 Å². The van der Waals surface area contributed by atoms with Gasteiger partial charge in [-0.05, 0) is 104 Å². The Morgan fingerprint density at radius 2 is 1.90 bits per heavy atom. The number of hydrogen-bond donors (Lipinski definition) is 1. The van der Waals surface area contributed by atoms with Crippen LogP contribution in [0, 0.1) is 24.1 Å². The van der Waals surface area contributed by atoms with Gasteiger partial charge in [0.2, 0.25) is 5.91 Å². The standard InChI is InChI=1S/C25H24BrFN2O/c1-15-12-23-20(13-22(15)27)19(8-11-28-23)16-6-9-25(10-7-16)14-21(25)24(30)29-18-4-2-17(26)3-5-18/h2-5,8,11-13,16,21H,6-7,9-10,14H2,1H3,(H,29,30). The van der Waals surface area contributed by atoms with E-state index in [1.165, 1.54) is 5.56 Å². The van der Waals surface area contributed by atoms with Crippen LogP contribution < -0.4 is 5.32 Å². The molecule has 3 nitrogen and oxygen atoms in total. The summed E-state index contributed by atoms with van der Waals surface area (Å²) in [6.45, 7) is 1.78. The van der Waals surface area contributed by atoms with E-state index in [4.69, 9.17) is 0 Å². The average molecular weight is 467 g/mol. The SMILES string of the molecule is Cc1cc2nccc(C3CCC4(CC3)CC4C(=O)Nc3ccc(Br)cc3)c2cc1F. The monoisotopic (exact) mass is 466 g/mol. The molecule has 2 saturated carbocycles. The Balaban J connectivity index is 1.27. The minimum atomic E-state index is -0.170. The number of rotatable bonds is 3. The van der Waals surface area contributed by atoms with Gasteiger partial charge >= 0.3 is 0 Å². The van der Waals surface area contributed by atoms with E-state index in [-0.39, 0.29) is 23.1 Å². The molecule has 1 N–H and O–H groups in total. The largest absolute Gasteiger partial charge is 0.326 e. The smallest absolute Gasteiger partial charge is 0.228 e. The van der Waals surface area contributed by atoms with Crippen molar-refractivity contribution in [3.63, 3.8) is 0 Å². The molecule has 3 aromatic rings. The first-order valence-corrected chi connectivity index (χ1v) is 11.4. The Labute approximate surface area is 184 Å². The summed E-state index contributed by atoms with van der Waals surface area (Å²) in [5.74, 6) is 0.481. The minimum Gasteiger partial charge on any atom is -0.326 e. The van der Waals surface area contributed by atoms with Crippen molar-refractivity contribution in [3.8, 4) is 0 Å². The Hall–Kier alpha value is -2.27. The van der Waals surface area contributed by atoms with Gasteiger partial charge in [-0.1, -0.05) is 15.9 Å². The third-order valence-corrected chi connectivity index (χ3v) is 7.62. The lowest BCUT2D eigenvalue weighted by Gasteiger charge is -2.30. The Morgan fingerprint density at radius 1 is 1.17 bits per heavy atom. The molecular formula is C25H24BrFN2O. The quantitative estimate of drug-likeness (QED) is 0.463. The van der Waals surface area contributed by atoms with E-state index in [1.54, 1.807) is 13.0 Å². The van der Waals surface area contributed by atoms with Crippen LogP contribution in [0.25, 0.3) is 10.9 Å². The first kappa shape index (κ1) is 19.7. The number of pyridine rings is 1. The molecule has 0 saturated heterocycles. The molecule has 1 spiro atoms. The van der Waals surface area contributed by atoms with Crippen LogP contribution >= 0.6 is 15.9 Å². The first-order chi connectivity index (χ1) is 14.4. The van der Waals surface area contributed by atoms with Crippen LogP contribution in [0.1, 0.15) is 49.1 Å². The Kier molecular flexibility index (Phi) is 4.89. The summed E-state index contributed by atoms with van der Waals surface area (Å²) in [5.41, 5.74) is 3.70. The molecule has 5 rings (SSSR count). The number of aryl methyl sites for hydroxylation is 1. The fourth-order valence-electron chi connectivity index (χ4n) is 5.19. The van der Waals surface area contributed by atoms with Gasteiger partial charge in [0.25, 0.3) is 0 Å². The summed E-state index contributed by atoms with van der Waals surface area (Å²) in [5, 5.41) is 4.00. The molecule has 2 aliphatic rings. The van der Waals surface area contributed by atoms with Gasteiger partial charge in [0.05, 0.1) is 5.52 Å². The highest BCUT2D eigenvalue weighted by Crippen LogP contribution is 2.63. The van der Waals surface area contributed by atoms with E-state index < -0.39 is 0 Å². The van der Waals surface area contributed by atoms with Crippen molar-refractivity contribution in [2.45, 2.75) is 44.9 Å². The van der Waals surface area contributed by atoms with Crippen molar-refractivity contribution in [1.29, 1.82) is 0 Å². The Bertz CT molecular complexity index is 1120. The third kappa shape index (κ3) is 3.53. The minimum absolute atomic E-state index is 0.108. The lowest BCUT2D eigenvalue weighted by atomic mass is 9.75.